The molecule has 118 valence electrons. The van der Waals surface area contributed by atoms with E-state index in [1.165, 1.54) is 84.1 Å². The maximum Gasteiger partial charge on any atom is 0.0223 e. The SMILES string of the molecule is CCCC(CCN)CCCN1CCCN2CCCC2C1. The van der Waals surface area contributed by atoms with E-state index in [1.807, 2.05) is 0 Å². The number of nitrogens with zero attached hydrogens (tertiary/aromatic N) is 2. The van der Waals surface area contributed by atoms with Crippen LogP contribution in [0.25, 0.3) is 0 Å². The molecule has 20 heavy (non-hydrogen) atoms. The quantitative estimate of drug-likeness (QED) is 0.742. The molecule has 0 spiro atoms. The van der Waals surface area contributed by atoms with Gasteiger partial charge in [-0.15, -0.1) is 0 Å². The Morgan fingerprint density at radius 2 is 1.95 bits per heavy atom. The van der Waals surface area contributed by atoms with Crippen LogP contribution in [-0.4, -0.2) is 55.1 Å². The minimum Gasteiger partial charge on any atom is -0.330 e. The lowest BCUT2D eigenvalue weighted by Crippen LogP contribution is -2.37. The molecule has 2 heterocycles. The summed E-state index contributed by atoms with van der Waals surface area (Å²) in [5.41, 5.74) is 5.74. The summed E-state index contributed by atoms with van der Waals surface area (Å²) < 4.78 is 0. The molecular weight excluding hydrogens is 246 g/mol. The summed E-state index contributed by atoms with van der Waals surface area (Å²) in [7, 11) is 0. The van der Waals surface area contributed by atoms with Crippen molar-refractivity contribution in [2.24, 2.45) is 11.7 Å². The van der Waals surface area contributed by atoms with Crippen molar-refractivity contribution in [3.05, 3.63) is 0 Å². The van der Waals surface area contributed by atoms with Crippen LogP contribution in [0.5, 0.6) is 0 Å². The van der Waals surface area contributed by atoms with Crippen LogP contribution in [0.1, 0.15) is 58.3 Å². The van der Waals surface area contributed by atoms with Gasteiger partial charge in [-0.05, 0) is 77.2 Å². The number of nitrogens with two attached hydrogens (primary N) is 1. The predicted octanol–water partition coefficient (Wildman–Crippen LogP) is 2.70. The number of hydrogen-bond acceptors (Lipinski definition) is 3. The molecule has 0 bridgehead atoms. The zero-order valence-electron chi connectivity index (χ0n) is 13.5. The largest absolute Gasteiger partial charge is 0.330 e. The van der Waals surface area contributed by atoms with E-state index in [0.717, 1.165) is 18.5 Å². The fourth-order valence-corrected chi connectivity index (χ4v) is 4.17. The molecule has 0 aromatic rings. The van der Waals surface area contributed by atoms with Crippen molar-refractivity contribution in [1.29, 1.82) is 0 Å². The van der Waals surface area contributed by atoms with Gasteiger partial charge in [0.15, 0.2) is 0 Å². The lowest BCUT2D eigenvalue weighted by atomic mass is 9.94. The summed E-state index contributed by atoms with van der Waals surface area (Å²) in [5.74, 6) is 0.875. The Morgan fingerprint density at radius 3 is 2.75 bits per heavy atom. The van der Waals surface area contributed by atoms with Crippen LogP contribution < -0.4 is 5.73 Å². The first-order valence-corrected chi connectivity index (χ1v) is 9.00. The molecule has 2 unspecified atom stereocenters. The maximum absolute atomic E-state index is 5.74. The molecule has 2 saturated heterocycles. The van der Waals surface area contributed by atoms with E-state index in [9.17, 15) is 0 Å². The molecule has 2 fully saturated rings. The van der Waals surface area contributed by atoms with Crippen LogP contribution >= 0.6 is 0 Å². The molecule has 0 aromatic heterocycles. The smallest absolute Gasteiger partial charge is 0.0223 e. The van der Waals surface area contributed by atoms with Gasteiger partial charge in [-0.1, -0.05) is 19.8 Å². The maximum atomic E-state index is 5.74. The van der Waals surface area contributed by atoms with E-state index >= 15 is 0 Å². The van der Waals surface area contributed by atoms with Gasteiger partial charge < -0.3 is 10.6 Å². The fourth-order valence-electron chi connectivity index (χ4n) is 4.17. The molecule has 0 radical (unpaired) electrons. The van der Waals surface area contributed by atoms with Crippen LogP contribution in [0.3, 0.4) is 0 Å². The standard InChI is InChI=1S/C17H35N3/c1-2-6-16(9-10-18)7-3-11-19-12-5-14-20-13-4-8-17(20)15-19/h16-17H,2-15,18H2,1H3. The van der Waals surface area contributed by atoms with Crippen LogP contribution in [0.4, 0.5) is 0 Å². The highest BCUT2D eigenvalue weighted by Crippen LogP contribution is 2.22. The Kier molecular flexibility index (Phi) is 7.32. The number of fused-ring (bicyclic) bond motifs is 1. The predicted molar refractivity (Wildman–Crippen MR) is 87.0 cm³/mol. The fraction of sp³-hybridized carbons (Fsp3) is 1.00. The summed E-state index contributed by atoms with van der Waals surface area (Å²) in [4.78, 5) is 5.47. The molecule has 0 saturated carbocycles. The van der Waals surface area contributed by atoms with Crippen LogP contribution in [0.15, 0.2) is 0 Å². The molecule has 0 aromatic carbocycles. The molecule has 3 heteroatoms. The van der Waals surface area contributed by atoms with Gasteiger partial charge in [0, 0.05) is 12.6 Å². The minimum absolute atomic E-state index is 0.866. The van der Waals surface area contributed by atoms with Gasteiger partial charge in [0.05, 0.1) is 0 Å². The third-order valence-corrected chi connectivity index (χ3v) is 5.25. The Bertz CT molecular complexity index is 251. The second-order valence-corrected chi connectivity index (χ2v) is 6.86. The van der Waals surface area contributed by atoms with Gasteiger partial charge in [-0.25, -0.2) is 0 Å². The molecular formula is C17H35N3. The van der Waals surface area contributed by atoms with E-state index in [-0.39, 0.29) is 0 Å². The average Bonchev–Trinajstić information content (AvgIpc) is 2.78. The molecule has 2 N–H and O–H groups in total. The monoisotopic (exact) mass is 281 g/mol. The summed E-state index contributed by atoms with van der Waals surface area (Å²) in [5, 5.41) is 0. The van der Waals surface area contributed by atoms with Crippen molar-refractivity contribution >= 4 is 0 Å². The highest BCUT2D eigenvalue weighted by Gasteiger charge is 2.28. The van der Waals surface area contributed by atoms with E-state index in [4.69, 9.17) is 5.73 Å². The molecule has 0 aliphatic carbocycles. The summed E-state index contributed by atoms with van der Waals surface area (Å²) in [6, 6.07) is 0.869. The van der Waals surface area contributed by atoms with Gasteiger partial charge >= 0.3 is 0 Å². The summed E-state index contributed by atoms with van der Waals surface area (Å²) in [6.07, 6.45) is 10.9. The number of rotatable bonds is 8. The highest BCUT2D eigenvalue weighted by atomic mass is 15.3. The van der Waals surface area contributed by atoms with E-state index in [1.54, 1.807) is 0 Å². The Morgan fingerprint density at radius 1 is 1.10 bits per heavy atom. The Labute approximate surface area is 125 Å². The lowest BCUT2D eigenvalue weighted by Gasteiger charge is -2.26. The summed E-state index contributed by atoms with van der Waals surface area (Å²) in [6.45, 7) is 9.82. The minimum atomic E-state index is 0.866. The average molecular weight is 281 g/mol. The zero-order valence-corrected chi connectivity index (χ0v) is 13.5. The van der Waals surface area contributed by atoms with Crippen LogP contribution in [0, 0.1) is 5.92 Å². The van der Waals surface area contributed by atoms with Crippen LogP contribution in [0.2, 0.25) is 0 Å². The Balaban J connectivity index is 1.67. The number of hydrogen-bond donors (Lipinski definition) is 1. The molecule has 2 aliphatic rings. The highest BCUT2D eigenvalue weighted by molar-refractivity contribution is 4.84. The molecule has 3 nitrogen and oxygen atoms in total. The topological polar surface area (TPSA) is 32.5 Å². The second-order valence-electron chi connectivity index (χ2n) is 6.86. The van der Waals surface area contributed by atoms with Gasteiger partial charge in [0.1, 0.15) is 0 Å². The molecule has 2 aliphatic heterocycles. The first-order chi connectivity index (χ1) is 9.83. The van der Waals surface area contributed by atoms with E-state index in [0.29, 0.717) is 0 Å². The van der Waals surface area contributed by atoms with Crippen LogP contribution in [-0.2, 0) is 0 Å². The zero-order chi connectivity index (χ0) is 14.2. The van der Waals surface area contributed by atoms with Crippen molar-refractivity contribution in [2.75, 3.05) is 39.3 Å². The van der Waals surface area contributed by atoms with E-state index < -0.39 is 0 Å². The van der Waals surface area contributed by atoms with Gasteiger partial charge in [0.2, 0.25) is 0 Å². The van der Waals surface area contributed by atoms with Gasteiger partial charge in [-0.3, -0.25) is 4.90 Å². The molecule has 2 rings (SSSR count). The first kappa shape index (κ1) is 16.3. The molecule has 2 atom stereocenters. The lowest BCUT2D eigenvalue weighted by molar-refractivity contribution is 0.214. The van der Waals surface area contributed by atoms with Crippen molar-refractivity contribution in [1.82, 2.24) is 9.80 Å². The third kappa shape index (κ3) is 5.01. The molecule has 0 amide bonds. The van der Waals surface area contributed by atoms with Crippen molar-refractivity contribution in [3.8, 4) is 0 Å². The van der Waals surface area contributed by atoms with Crippen molar-refractivity contribution < 1.29 is 0 Å². The second kappa shape index (κ2) is 9.01. The first-order valence-electron chi connectivity index (χ1n) is 9.00. The van der Waals surface area contributed by atoms with Gasteiger partial charge in [0.25, 0.3) is 0 Å². The van der Waals surface area contributed by atoms with Crippen molar-refractivity contribution in [2.45, 2.75) is 64.3 Å². The Hall–Kier alpha value is -0.120. The summed E-state index contributed by atoms with van der Waals surface area (Å²) >= 11 is 0. The van der Waals surface area contributed by atoms with Gasteiger partial charge in [-0.2, -0.15) is 0 Å². The normalized spacial score (nSPS) is 26.4. The van der Waals surface area contributed by atoms with E-state index in [2.05, 4.69) is 16.7 Å². The van der Waals surface area contributed by atoms with Crippen molar-refractivity contribution in [3.63, 3.8) is 0 Å². The third-order valence-electron chi connectivity index (χ3n) is 5.25.